The largest absolute Gasteiger partial charge is 0.480 e. The van der Waals surface area contributed by atoms with Crippen molar-refractivity contribution in [3.05, 3.63) is 29.8 Å². The maximum Gasteiger partial charge on any atom is 0.329 e. The van der Waals surface area contributed by atoms with E-state index in [0.717, 1.165) is 5.56 Å². The van der Waals surface area contributed by atoms with Crippen LogP contribution >= 0.6 is 0 Å². The molecule has 8 heteroatoms. The molecule has 1 aromatic rings. The van der Waals surface area contributed by atoms with E-state index in [1.54, 1.807) is 12.1 Å². The summed E-state index contributed by atoms with van der Waals surface area (Å²) in [6.45, 7) is -0.318. The summed E-state index contributed by atoms with van der Waals surface area (Å²) in [5, 5.41) is 11.0. The molecule has 0 radical (unpaired) electrons. The number of imide groups is 1. The minimum absolute atomic E-state index is 0.0996. The summed E-state index contributed by atoms with van der Waals surface area (Å²) in [7, 11) is 0. The number of hydrogen-bond donors (Lipinski definition) is 2. The van der Waals surface area contributed by atoms with Crippen molar-refractivity contribution in [2.75, 3.05) is 25.1 Å². The molecule has 0 saturated carbocycles. The molecule has 1 aliphatic rings. The van der Waals surface area contributed by atoms with Gasteiger partial charge in [0.1, 0.15) is 13.2 Å². The number of ether oxygens (including phenoxy) is 1. The molecule has 0 atom stereocenters. The van der Waals surface area contributed by atoms with Gasteiger partial charge in [0, 0.05) is 25.1 Å². The summed E-state index contributed by atoms with van der Waals surface area (Å²) < 4.78 is 4.70. The second kappa shape index (κ2) is 8.93. The fourth-order valence-corrected chi connectivity index (χ4v) is 2.34. The Labute approximate surface area is 144 Å². The first-order valence-corrected chi connectivity index (χ1v) is 7.97. The predicted octanol–water partition coefficient (Wildman–Crippen LogP) is 0.808. The molecule has 0 aromatic heterocycles. The second-order valence-corrected chi connectivity index (χ2v) is 5.67. The van der Waals surface area contributed by atoms with Gasteiger partial charge in [-0.15, -0.1) is 0 Å². The molecule has 1 aromatic carbocycles. The van der Waals surface area contributed by atoms with Gasteiger partial charge in [0.25, 0.3) is 0 Å². The lowest BCUT2D eigenvalue weighted by atomic mass is 10.1. The van der Waals surface area contributed by atoms with Crippen LogP contribution in [0.1, 0.15) is 24.8 Å². The average molecular weight is 348 g/mol. The molecule has 1 aliphatic heterocycles. The smallest absolute Gasteiger partial charge is 0.329 e. The molecule has 2 rings (SSSR count). The SMILES string of the molecule is O=C(O)COCC(=O)Nc1ccc(CCCC(=O)N2CCC2=O)cc1. The van der Waals surface area contributed by atoms with Crippen molar-refractivity contribution in [3.8, 4) is 0 Å². The van der Waals surface area contributed by atoms with E-state index >= 15 is 0 Å². The number of nitrogens with zero attached hydrogens (tertiary/aromatic N) is 1. The van der Waals surface area contributed by atoms with Gasteiger partial charge in [-0.05, 0) is 30.5 Å². The Balaban J connectivity index is 1.68. The van der Waals surface area contributed by atoms with Crippen LogP contribution in [0.2, 0.25) is 0 Å². The molecule has 1 fully saturated rings. The minimum atomic E-state index is -1.13. The summed E-state index contributed by atoms with van der Waals surface area (Å²) in [6.07, 6.45) is 2.15. The van der Waals surface area contributed by atoms with Crippen LogP contribution < -0.4 is 5.32 Å². The molecule has 3 amide bonds. The number of benzene rings is 1. The Morgan fingerprint density at radius 3 is 2.44 bits per heavy atom. The normalized spacial score (nSPS) is 13.3. The van der Waals surface area contributed by atoms with Crippen LogP contribution in [0, 0.1) is 0 Å². The molecule has 0 unspecified atom stereocenters. The zero-order chi connectivity index (χ0) is 18.2. The first kappa shape index (κ1) is 18.6. The van der Waals surface area contributed by atoms with E-state index in [1.165, 1.54) is 4.90 Å². The Hall–Kier alpha value is -2.74. The topological polar surface area (TPSA) is 113 Å². The Bertz CT molecular complexity index is 656. The third-order valence-electron chi connectivity index (χ3n) is 3.70. The van der Waals surface area contributed by atoms with E-state index in [-0.39, 0.29) is 18.4 Å². The lowest BCUT2D eigenvalue weighted by molar-refractivity contribution is -0.152. The number of likely N-dealkylation sites (tertiary alicyclic amines) is 1. The molecule has 0 aliphatic carbocycles. The number of amides is 3. The van der Waals surface area contributed by atoms with Gasteiger partial charge in [-0.25, -0.2) is 4.79 Å². The van der Waals surface area contributed by atoms with E-state index in [4.69, 9.17) is 9.84 Å². The van der Waals surface area contributed by atoms with Gasteiger partial charge in [0.2, 0.25) is 17.7 Å². The molecule has 134 valence electrons. The van der Waals surface area contributed by atoms with E-state index < -0.39 is 18.5 Å². The van der Waals surface area contributed by atoms with Crippen LogP contribution in [-0.2, 0) is 30.3 Å². The van der Waals surface area contributed by atoms with E-state index in [1.807, 2.05) is 12.1 Å². The van der Waals surface area contributed by atoms with Gasteiger partial charge in [-0.1, -0.05) is 12.1 Å². The van der Waals surface area contributed by atoms with E-state index in [0.29, 0.717) is 37.9 Å². The highest BCUT2D eigenvalue weighted by atomic mass is 16.5. The Morgan fingerprint density at radius 1 is 1.16 bits per heavy atom. The van der Waals surface area contributed by atoms with E-state index in [9.17, 15) is 19.2 Å². The van der Waals surface area contributed by atoms with E-state index in [2.05, 4.69) is 5.32 Å². The first-order valence-electron chi connectivity index (χ1n) is 7.97. The summed E-state index contributed by atoms with van der Waals surface area (Å²) in [5.41, 5.74) is 1.60. The molecule has 2 N–H and O–H groups in total. The molecule has 25 heavy (non-hydrogen) atoms. The lowest BCUT2D eigenvalue weighted by Crippen LogP contribution is -2.47. The van der Waals surface area contributed by atoms with Crippen molar-refractivity contribution < 1.29 is 29.0 Å². The maximum atomic E-state index is 11.7. The second-order valence-electron chi connectivity index (χ2n) is 5.67. The van der Waals surface area contributed by atoms with Gasteiger partial charge in [-0.3, -0.25) is 19.3 Å². The third-order valence-corrected chi connectivity index (χ3v) is 3.70. The molecule has 1 heterocycles. The number of aryl methyl sites for hydroxylation is 1. The predicted molar refractivity (Wildman–Crippen MR) is 87.8 cm³/mol. The van der Waals surface area contributed by atoms with Crippen molar-refractivity contribution >= 4 is 29.4 Å². The van der Waals surface area contributed by atoms with Crippen LogP contribution in [0.5, 0.6) is 0 Å². The summed E-state index contributed by atoms with van der Waals surface area (Å²) in [4.78, 5) is 46.0. The molecular formula is C17H20N2O6. The number of carboxylic acid groups (broad SMARTS) is 1. The summed E-state index contributed by atoms with van der Waals surface area (Å²) in [5.74, 6) is -1.79. The van der Waals surface area contributed by atoms with Crippen LogP contribution in [0.3, 0.4) is 0 Å². The molecule has 0 bridgehead atoms. The molecule has 8 nitrogen and oxygen atoms in total. The quantitative estimate of drug-likeness (QED) is 0.639. The molecule has 0 spiro atoms. The van der Waals surface area contributed by atoms with Crippen molar-refractivity contribution in [2.45, 2.75) is 25.7 Å². The van der Waals surface area contributed by atoms with Crippen LogP contribution in [0.15, 0.2) is 24.3 Å². The third kappa shape index (κ3) is 6.00. The van der Waals surface area contributed by atoms with Crippen molar-refractivity contribution in [2.24, 2.45) is 0 Å². The van der Waals surface area contributed by atoms with Gasteiger partial charge >= 0.3 is 5.97 Å². The number of nitrogens with one attached hydrogen (secondary N) is 1. The number of anilines is 1. The zero-order valence-corrected chi connectivity index (χ0v) is 13.7. The highest BCUT2D eigenvalue weighted by Crippen LogP contribution is 2.14. The Morgan fingerprint density at radius 2 is 1.88 bits per heavy atom. The number of carbonyl (C=O) groups excluding carboxylic acids is 3. The summed E-state index contributed by atoms with van der Waals surface area (Å²) >= 11 is 0. The zero-order valence-electron chi connectivity index (χ0n) is 13.7. The first-order chi connectivity index (χ1) is 12.0. The number of rotatable bonds is 9. The maximum absolute atomic E-state index is 11.7. The van der Waals surface area contributed by atoms with Gasteiger partial charge in [0.05, 0.1) is 0 Å². The van der Waals surface area contributed by atoms with Crippen LogP contribution in [0.4, 0.5) is 5.69 Å². The standard InChI is InChI=1S/C17H20N2O6/c20-14(10-25-11-17(23)24)18-13-6-4-12(5-7-13)2-1-3-15(21)19-9-8-16(19)22/h4-7H,1-3,8-11H2,(H,18,20)(H,23,24). The number of carboxylic acids is 1. The van der Waals surface area contributed by atoms with Crippen molar-refractivity contribution in [3.63, 3.8) is 0 Å². The number of aliphatic carboxylic acids is 1. The number of hydrogen-bond acceptors (Lipinski definition) is 5. The average Bonchev–Trinajstić information content (AvgIpc) is 2.54. The van der Waals surface area contributed by atoms with Crippen molar-refractivity contribution in [1.82, 2.24) is 4.90 Å². The minimum Gasteiger partial charge on any atom is -0.480 e. The van der Waals surface area contributed by atoms with Gasteiger partial charge < -0.3 is 15.2 Å². The molecule has 1 saturated heterocycles. The fourth-order valence-electron chi connectivity index (χ4n) is 2.34. The highest BCUT2D eigenvalue weighted by Gasteiger charge is 2.28. The van der Waals surface area contributed by atoms with Crippen LogP contribution in [-0.4, -0.2) is 53.5 Å². The molecular weight excluding hydrogens is 328 g/mol. The number of carbonyl (C=O) groups is 4. The van der Waals surface area contributed by atoms with Crippen molar-refractivity contribution in [1.29, 1.82) is 0 Å². The number of β-lactam (4-membered cyclic amide) rings is 1. The highest BCUT2D eigenvalue weighted by molar-refractivity contribution is 5.99. The summed E-state index contributed by atoms with van der Waals surface area (Å²) in [6, 6.07) is 7.14. The Kier molecular flexibility index (Phi) is 6.64. The van der Waals surface area contributed by atoms with Gasteiger partial charge in [0.15, 0.2) is 0 Å². The van der Waals surface area contributed by atoms with Crippen LogP contribution in [0.25, 0.3) is 0 Å². The monoisotopic (exact) mass is 348 g/mol. The van der Waals surface area contributed by atoms with Gasteiger partial charge in [-0.2, -0.15) is 0 Å². The fraction of sp³-hybridized carbons (Fsp3) is 0.412. The lowest BCUT2D eigenvalue weighted by Gasteiger charge is -2.28.